The lowest BCUT2D eigenvalue weighted by molar-refractivity contribution is 0.101. The highest BCUT2D eigenvalue weighted by Crippen LogP contribution is 2.39. The van der Waals surface area contributed by atoms with Crippen LogP contribution in [0.15, 0.2) is 17.5 Å². The summed E-state index contributed by atoms with van der Waals surface area (Å²) in [6, 6.07) is 3.85. The Bertz CT molecular complexity index is 633. The molecular formula is C13H11NO3S. The van der Waals surface area contributed by atoms with Gasteiger partial charge in [0.05, 0.1) is 0 Å². The van der Waals surface area contributed by atoms with Crippen molar-refractivity contribution in [2.24, 2.45) is 0 Å². The molecular weight excluding hydrogens is 250 g/mol. The first-order valence-electron chi connectivity index (χ1n) is 5.52. The first-order chi connectivity index (χ1) is 8.65. The first kappa shape index (κ1) is 11.2. The molecule has 2 heterocycles. The molecule has 0 amide bonds. The summed E-state index contributed by atoms with van der Waals surface area (Å²) in [5.41, 5.74) is 2.55. The molecule has 1 aromatic carbocycles. The van der Waals surface area contributed by atoms with Crippen LogP contribution in [0.4, 0.5) is 0 Å². The second kappa shape index (κ2) is 4.10. The summed E-state index contributed by atoms with van der Waals surface area (Å²) in [5, 5.41) is 2.61. The van der Waals surface area contributed by atoms with Gasteiger partial charge in [-0.05, 0) is 24.6 Å². The van der Waals surface area contributed by atoms with Crippen LogP contribution in [0.2, 0.25) is 0 Å². The van der Waals surface area contributed by atoms with Gasteiger partial charge in [0.2, 0.25) is 6.79 Å². The number of benzene rings is 1. The van der Waals surface area contributed by atoms with E-state index in [1.165, 1.54) is 18.3 Å². The van der Waals surface area contributed by atoms with Crippen molar-refractivity contribution in [1.29, 1.82) is 0 Å². The molecule has 0 atom stereocenters. The van der Waals surface area contributed by atoms with Gasteiger partial charge in [-0.25, -0.2) is 4.98 Å². The van der Waals surface area contributed by atoms with E-state index >= 15 is 0 Å². The van der Waals surface area contributed by atoms with Gasteiger partial charge in [0, 0.05) is 17.9 Å². The number of rotatable bonds is 2. The van der Waals surface area contributed by atoms with Crippen molar-refractivity contribution < 1.29 is 14.3 Å². The van der Waals surface area contributed by atoms with Gasteiger partial charge in [-0.15, -0.1) is 11.3 Å². The van der Waals surface area contributed by atoms with Gasteiger partial charge in [-0.2, -0.15) is 0 Å². The SMILES string of the molecule is CC(=O)c1csc(-c2cc3c(cc2C)OCO3)n1. The molecule has 5 heteroatoms. The highest BCUT2D eigenvalue weighted by atomic mass is 32.1. The van der Waals surface area contributed by atoms with Crippen molar-refractivity contribution in [1.82, 2.24) is 4.98 Å². The van der Waals surface area contributed by atoms with E-state index in [2.05, 4.69) is 4.98 Å². The molecule has 18 heavy (non-hydrogen) atoms. The standard InChI is InChI=1S/C13H11NO3S/c1-7-3-11-12(17-6-16-11)4-9(7)13-14-10(5-18-13)8(2)15/h3-5H,6H2,1-2H3. The van der Waals surface area contributed by atoms with E-state index < -0.39 is 0 Å². The number of Topliss-reactive ketones (excluding diaryl/α,β-unsaturated/α-hetero) is 1. The molecule has 2 aromatic rings. The van der Waals surface area contributed by atoms with Crippen molar-refractivity contribution in [3.8, 4) is 22.1 Å². The zero-order valence-electron chi connectivity index (χ0n) is 10.0. The molecule has 1 aliphatic rings. The van der Waals surface area contributed by atoms with Crippen LogP contribution in [0, 0.1) is 6.92 Å². The zero-order valence-corrected chi connectivity index (χ0v) is 10.8. The summed E-state index contributed by atoms with van der Waals surface area (Å²) in [5.74, 6) is 1.48. The number of carbonyl (C=O) groups excluding carboxylic acids is 1. The monoisotopic (exact) mass is 261 g/mol. The second-order valence-electron chi connectivity index (χ2n) is 4.11. The minimum Gasteiger partial charge on any atom is -0.454 e. The Morgan fingerprint density at radius 1 is 1.33 bits per heavy atom. The molecule has 0 fully saturated rings. The number of carbonyl (C=O) groups is 1. The van der Waals surface area contributed by atoms with E-state index in [-0.39, 0.29) is 12.6 Å². The Morgan fingerprint density at radius 3 is 2.72 bits per heavy atom. The average Bonchev–Trinajstić information content (AvgIpc) is 2.94. The third-order valence-electron chi connectivity index (χ3n) is 2.81. The zero-order chi connectivity index (χ0) is 12.7. The lowest BCUT2D eigenvalue weighted by atomic mass is 10.1. The summed E-state index contributed by atoms with van der Waals surface area (Å²) in [4.78, 5) is 15.6. The van der Waals surface area contributed by atoms with Crippen LogP contribution in [0.3, 0.4) is 0 Å². The fraction of sp³-hybridized carbons (Fsp3) is 0.231. The van der Waals surface area contributed by atoms with Crippen LogP contribution in [-0.2, 0) is 0 Å². The molecule has 0 radical (unpaired) electrons. The first-order valence-corrected chi connectivity index (χ1v) is 6.40. The third kappa shape index (κ3) is 1.76. The number of fused-ring (bicyclic) bond motifs is 1. The Hall–Kier alpha value is -1.88. The average molecular weight is 261 g/mol. The van der Waals surface area contributed by atoms with Crippen LogP contribution >= 0.6 is 11.3 Å². The minimum atomic E-state index is -0.0177. The molecule has 3 rings (SSSR count). The van der Waals surface area contributed by atoms with Crippen molar-refractivity contribution in [3.05, 3.63) is 28.8 Å². The summed E-state index contributed by atoms with van der Waals surface area (Å²) < 4.78 is 10.7. The van der Waals surface area contributed by atoms with Crippen molar-refractivity contribution in [3.63, 3.8) is 0 Å². The van der Waals surface area contributed by atoms with E-state index in [0.29, 0.717) is 5.69 Å². The number of aromatic nitrogens is 1. The van der Waals surface area contributed by atoms with Crippen LogP contribution < -0.4 is 9.47 Å². The van der Waals surface area contributed by atoms with E-state index in [0.717, 1.165) is 27.6 Å². The maximum absolute atomic E-state index is 11.3. The van der Waals surface area contributed by atoms with Crippen LogP contribution in [0.25, 0.3) is 10.6 Å². The number of hydrogen-bond donors (Lipinski definition) is 0. The maximum atomic E-state index is 11.3. The molecule has 1 aromatic heterocycles. The number of nitrogens with zero attached hydrogens (tertiary/aromatic N) is 1. The smallest absolute Gasteiger partial charge is 0.231 e. The molecule has 92 valence electrons. The number of hydrogen-bond acceptors (Lipinski definition) is 5. The molecule has 1 aliphatic heterocycles. The van der Waals surface area contributed by atoms with E-state index in [1.54, 1.807) is 5.38 Å². The molecule has 0 saturated heterocycles. The van der Waals surface area contributed by atoms with Crippen LogP contribution in [0.1, 0.15) is 23.0 Å². The molecule has 0 unspecified atom stereocenters. The van der Waals surface area contributed by atoms with Gasteiger partial charge in [-0.1, -0.05) is 0 Å². The number of aryl methyl sites for hydroxylation is 1. The van der Waals surface area contributed by atoms with Crippen LogP contribution in [-0.4, -0.2) is 17.6 Å². The quantitative estimate of drug-likeness (QED) is 0.779. The van der Waals surface area contributed by atoms with Gasteiger partial charge in [0.25, 0.3) is 0 Å². The fourth-order valence-corrected chi connectivity index (χ4v) is 2.77. The highest BCUT2D eigenvalue weighted by Gasteiger charge is 2.18. The fourth-order valence-electron chi connectivity index (χ4n) is 1.83. The van der Waals surface area contributed by atoms with Crippen molar-refractivity contribution in [2.45, 2.75) is 13.8 Å². The number of thiazole rings is 1. The minimum absolute atomic E-state index is 0.0177. The third-order valence-corrected chi connectivity index (χ3v) is 3.69. The molecule has 0 spiro atoms. The summed E-state index contributed by atoms with van der Waals surface area (Å²) in [6.45, 7) is 3.77. The Morgan fingerprint density at radius 2 is 2.06 bits per heavy atom. The number of ether oxygens (including phenoxy) is 2. The second-order valence-corrected chi connectivity index (χ2v) is 4.97. The summed E-state index contributed by atoms with van der Waals surface area (Å²) in [6.07, 6.45) is 0. The predicted octanol–water partition coefficient (Wildman–Crippen LogP) is 3.05. The largest absolute Gasteiger partial charge is 0.454 e. The Kier molecular flexibility index (Phi) is 2.56. The molecule has 0 aliphatic carbocycles. The van der Waals surface area contributed by atoms with Crippen LogP contribution in [0.5, 0.6) is 11.5 Å². The molecule has 0 bridgehead atoms. The normalized spacial score (nSPS) is 12.8. The van der Waals surface area contributed by atoms with Gasteiger partial charge in [0.15, 0.2) is 17.3 Å². The molecule has 0 N–H and O–H groups in total. The predicted molar refractivity (Wildman–Crippen MR) is 68.4 cm³/mol. The van der Waals surface area contributed by atoms with Crippen molar-refractivity contribution >= 4 is 17.1 Å². The number of ketones is 1. The maximum Gasteiger partial charge on any atom is 0.231 e. The summed E-state index contributed by atoms with van der Waals surface area (Å²) in [7, 11) is 0. The highest BCUT2D eigenvalue weighted by molar-refractivity contribution is 7.13. The van der Waals surface area contributed by atoms with E-state index in [9.17, 15) is 4.79 Å². The van der Waals surface area contributed by atoms with Gasteiger partial charge in [-0.3, -0.25) is 4.79 Å². The van der Waals surface area contributed by atoms with Gasteiger partial charge < -0.3 is 9.47 Å². The van der Waals surface area contributed by atoms with Gasteiger partial charge >= 0.3 is 0 Å². The van der Waals surface area contributed by atoms with E-state index in [4.69, 9.17) is 9.47 Å². The topological polar surface area (TPSA) is 48.4 Å². The molecule has 4 nitrogen and oxygen atoms in total. The molecule has 0 saturated carbocycles. The Balaban J connectivity index is 2.08. The van der Waals surface area contributed by atoms with Gasteiger partial charge in [0.1, 0.15) is 10.7 Å². The Labute approximate surface area is 108 Å². The van der Waals surface area contributed by atoms with E-state index in [1.807, 2.05) is 19.1 Å². The lowest BCUT2D eigenvalue weighted by Gasteiger charge is -2.04. The summed E-state index contributed by atoms with van der Waals surface area (Å²) >= 11 is 1.46. The lowest BCUT2D eigenvalue weighted by Crippen LogP contribution is -1.92. The van der Waals surface area contributed by atoms with Crippen molar-refractivity contribution in [2.75, 3.05) is 6.79 Å².